The van der Waals surface area contributed by atoms with Crippen molar-refractivity contribution in [2.75, 3.05) is 18.8 Å². The zero-order valence-corrected chi connectivity index (χ0v) is 11.8. The first-order valence-corrected chi connectivity index (χ1v) is 6.83. The molecule has 0 aromatic heterocycles. The van der Waals surface area contributed by atoms with E-state index in [9.17, 15) is 9.90 Å². The summed E-state index contributed by atoms with van der Waals surface area (Å²) in [5, 5.41) is 10.5. The Morgan fingerprint density at radius 3 is 2.89 bits per heavy atom. The van der Waals surface area contributed by atoms with E-state index < -0.39 is 5.60 Å². The molecule has 0 spiro atoms. The SMILES string of the molecule is CC1(O)CCCN(C(=O)c2cc(Cl)ccc2N)CC1. The van der Waals surface area contributed by atoms with Gasteiger partial charge in [0.25, 0.3) is 5.91 Å². The van der Waals surface area contributed by atoms with Gasteiger partial charge < -0.3 is 15.7 Å². The molecule has 0 aliphatic carbocycles. The zero-order chi connectivity index (χ0) is 14.0. The van der Waals surface area contributed by atoms with Crippen LogP contribution in [-0.4, -0.2) is 34.6 Å². The summed E-state index contributed by atoms with van der Waals surface area (Å²) in [6.07, 6.45) is 2.08. The predicted molar refractivity (Wildman–Crippen MR) is 76.2 cm³/mol. The third-order valence-corrected chi connectivity index (χ3v) is 3.83. The average Bonchev–Trinajstić information content (AvgIpc) is 2.52. The Balaban J connectivity index is 2.17. The van der Waals surface area contributed by atoms with Crippen LogP contribution in [-0.2, 0) is 0 Å². The lowest BCUT2D eigenvalue weighted by atomic mass is 9.98. The highest BCUT2D eigenvalue weighted by Gasteiger charge is 2.28. The van der Waals surface area contributed by atoms with Crippen molar-refractivity contribution in [2.45, 2.75) is 31.8 Å². The number of carbonyl (C=O) groups is 1. The largest absolute Gasteiger partial charge is 0.398 e. The fourth-order valence-electron chi connectivity index (χ4n) is 2.35. The molecule has 1 fully saturated rings. The topological polar surface area (TPSA) is 66.6 Å². The molecule has 1 unspecified atom stereocenters. The Kier molecular flexibility index (Phi) is 4.02. The highest BCUT2D eigenvalue weighted by molar-refractivity contribution is 6.31. The van der Waals surface area contributed by atoms with Gasteiger partial charge in [0, 0.05) is 23.8 Å². The molecule has 0 saturated carbocycles. The molecule has 5 heteroatoms. The van der Waals surface area contributed by atoms with Gasteiger partial charge in [-0.3, -0.25) is 4.79 Å². The Labute approximate surface area is 118 Å². The van der Waals surface area contributed by atoms with Crippen LogP contribution >= 0.6 is 11.6 Å². The number of nitrogen functional groups attached to an aromatic ring is 1. The molecule has 1 heterocycles. The number of carbonyl (C=O) groups excluding carboxylic acids is 1. The fraction of sp³-hybridized carbons (Fsp3) is 0.500. The number of hydrogen-bond donors (Lipinski definition) is 2. The minimum Gasteiger partial charge on any atom is -0.398 e. The number of nitrogens with two attached hydrogens (primary N) is 1. The number of anilines is 1. The summed E-state index contributed by atoms with van der Waals surface area (Å²) in [5.41, 5.74) is 6.02. The Morgan fingerprint density at radius 2 is 2.16 bits per heavy atom. The Hall–Kier alpha value is -1.26. The van der Waals surface area contributed by atoms with Crippen LogP contribution in [0.15, 0.2) is 18.2 Å². The average molecular weight is 283 g/mol. The van der Waals surface area contributed by atoms with Gasteiger partial charge in [-0.2, -0.15) is 0 Å². The molecule has 1 aromatic carbocycles. The van der Waals surface area contributed by atoms with Crippen molar-refractivity contribution >= 4 is 23.2 Å². The molecule has 1 saturated heterocycles. The summed E-state index contributed by atoms with van der Waals surface area (Å²) in [6.45, 7) is 2.99. The first-order chi connectivity index (χ1) is 8.89. The van der Waals surface area contributed by atoms with E-state index in [-0.39, 0.29) is 5.91 Å². The van der Waals surface area contributed by atoms with Crippen molar-refractivity contribution in [3.63, 3.8) is 0 Å². The van der Waals surface area contributed by atoms with Crippen molar-refractivity contribution < 1.29 is 9.90 Å². The minimum atomic E-state index is -0.686. The lowest BCUT2D eigenvalue weighted by molar-refractivity contribution is 0.0438. The molecule has 4 nitrogen and oxygen atoms in total. The second kappa shape index (κ2) is 5.39. The van der Waals surface area contributed by atoms with Crippen molar-refractivity contribution in [2.24, 2.45) is 0 Å². The van der Waals surface area contributed by atoms with Gasteiger partial charge in [0.1, 0.15) is 0 Å². The number of likely N-dealkylation sites (tertiary alicyclic amines) is 1. The smallest absolute Gasteiger partial charge is 0.255 e. The minimum absolute atomic E-state index is 0.113. The molecular weight excluding hydrogens is 264 g/mol. The lowest BCUT2D eigenvalue weighted by Crippen LogP contribution is -2.33. The van der Waals surface area contributed by atoms with Crippen LogP contribution in [0.2, 0.25) is 5.02 Å². The molecule has 0 bridgehead atoms. The quantitative estimate of drug-likeness (QED) is 0.777. The second-order valence-electron chi connectivity index (χ2n) is 5.37. The summed E-state index contributed by atoms with van der Waals surface area (Å²) in [6, 6.07) is 4.91. The maximum atomic E-state index is 12.4. The van der Waals surface area contributed by atoms with Crippen molar-refractivity contribution in [1.82, 2.24) is 4.90 Å². The molecule has 104 valence electrons. The summed E-state index contributed by atoms with van der Waals surface area (Å²) < 4.78 is 0. The third kappa shape index (κ3) is 3.39. The summed E-state index contributed by atoms with van der Waals surface area (Å²) >= 11 is 5.91. The maximum absolute atomic E-state index is 12.4. The highest BCUT2D eigenvalue weighted by Crippen LogP contribution is 2.24. The number of aliphatic hydroxyl groups is 1. The van der Waals surface area contributed by atoms with Crippen LogP contribution in [0.3, 0.4) is 0 Å². The monoisotopic (exact) mass is 282 g/mol. The fourth-order valence-corrected chi connectivity index (χ4v) is 2.52. The van der Waals surface area contributed by atoms with Crippen LogP contribution in [0.1, 0.15) is 36.5 Å². The third-order valence-electron chi connectivity index (χ3n) is 3.60. The molecule has 0 radical (unpaired) electrons. The van der Waals surface area contributed by atoms with E-state index in [4.69, 9.17) is 17.3 Å². The van der Waals surface area contributed by atoms with E-state index in [1.54, 1.807) is 23.1 Å². The van der Waals surface area contributed by atoms with Gasteiger partial charge in [-0.25, -0.2) is 0 Å². The van der Waals surface area contributed by atoms with Gasteiger partial charge in [-0.1, -0.05) is 11.6 Å². The number of halogens is 1. The molecule has 1 aromatic rings. The normalized spacial score (nSPS) is 24.1. The number of rotatable bonds is 1. The molecule has 1 aliphatic heterocycles. The van der Waals surface area contributed by atoms with Gasteiger partial charge in [0.15, 0.2) is 0 Å². The summed E-state index contributed by atoms with van der Waals surface area (Å²) in [4.78, 5) is 14.2. The molecule has 19 heavy (non-hydrogen) atoms. The first kappa shape index (κ1) is 14.2. The van der Waals surface area contributed by atoms with Crippen LogP contribution < -0.4 is 5.73 Å². The lowest BCUT2D eigenvalue weighted by Gasteiger charge is -2.23. The molecule has 1 atom stereocenters. The van der Waals surface area contributed by atoms with E-state index in [2.05, 4.69) is 0 Å². The number of nitrogens with zero attached hydrogens (tertiary/aromatic N) is 1. The Morgan fingerprint density at radius 1 is 1.42 bits per heavy atom. The number of hydrogen-bond acceptors (Lipinski definition) is 3. The van der Waals surface area contributed by atoms with Crippen molar-refractivity contribution in [3.8, 4) is 0 Å². The number of benzene rings is 1. The van der Waals surface area contributed by atoms with Crippen LogP contribution in [0, 0.1) is 0 Å². The Bertz CT molecular complexity index is 488. The predicted octanol–water partition coefficient (Wildman–Crippen LogP) is 2.30. The zero-order valence-electron chi connectivity index (χ0n) is 11.0. The van der Waals surface area contributed by atoms with Crippen molar-refractivity contribution in [3.05, 3.63) is 28.8 Å². The second-order valence-corrected chi connectivity index (χ2v) is 5.81. The van der Waals surface area contributed by atoms with E-state index in [0.29, 0.717) is 42.2 Å². The molecular formula is C14H19ClN2O2. The first-order valence-electron chi connectivity index (χ1n) is 6.46. The van der Waals surface area contributed by atoms with E-state index in [1.807, 2.05) is 6.92 Å². The van der Waals surface area contributed by atoms with Crippen LogP contribution in [0.5, 0.6) is 0 Å². The number of amides is 1. The van der Waals surface area contributed by atoms with E-state index in [1.165, 1.54) is 0 Å². The van der Waals surface area contributed by atoms with Gasteiger partial charge in [0.05, 0.1) is 11.2 Å². The van der Waals surface area contributed by atoms with Gasteiger partial charge in [-0.15, -0.1) is 0 Å². The van der Waals surface area contributed by atoms with Gasteiger partial charge >= 0.3 is 0 Å². The summed E-state index contributed by atoms with van der Waals surface area (Å²) in [5.74, 6) is -0.113. The summed E-state index contributed by atoms with van der Waals surface area (Å²) in [7, 11) is 0. The molecule has 1 aliphatic rings. The maximum Gasteiger partial charge on any atom is 0.255 e. The van der Waals surface area contributed by atoms with Gasteiger partial charge in [0.2, 0.25) is 0 Å². The van der Waals surface area contributed by atoms with Crippen LogP contribution in [0.25, 0.3) is 0 Å². The van der Waals surface area contributed by atoms with E-state index in [0.717, 1.165) is 6.42 Å². The van der Waals surface area contributed by atoms with Gasteiger partial charge in [-0.05, 0) is 44.4 Å². The van der Waals surface area contributed by atoms with E-state index >= 15 is 0 Å². The molecule has 2 rings (SSSR count). The molecule has 1 amide bonds. The molecule has 3 N–H and O–H groups in total. The van der Waals surface area contributed by atoms with Crippen molar-refractivity contribution in [1.29, 1.82) is 0 Å². The standard InChI is InChI=1S/C14H19ClN2O2/c1-14(19)5-2-7-17(8-6-14)13(18)11-9-10(15)3-4-12(11)16/h3-4,9,19H,2,5-8,16H2,1H3. The van der Waals surface area contributed by atoms with Crippen LogP contribution in [0.4, 0.5) is 5.69 Å². The highest BCUT2D eigenvalue weighted by atomic mass is 35.5.